The molecule has 2 heterocycles. The van der Waals surface area contributed by atoms with Gasteiger partial charge in [0.1, 0.15) is 11.9 Å². The van der Waals surface area contributed by atoms with Crippen molar-refractivity contribution in [3.05, 3.63) is 62.1 Å². The number of aromatic nitrogens is 1. The van der Waals surface area contributed by atoms with Gasteiger partial charge in [-0.2, -0.15) is 0 Å². The van der Waals surface area contributed by atoms with Gasteiger partial charge in [-0.05, 0) is 61.6 Å². The minimum Gasteiger partial charge on any atom is -0.489 e. The number of pyridine rings is 1. The molecule has 0 radical (unpaired) electrons. The van der Waals surface area contributed by atoms with Crippen molar-refractivity contribution in [2.45, 2.75) is 53.7 Å². The number of benzene rings is 1. The number of carbonyl (C=O) groups excluding carboxylic acids is 1. The van der Waals surface area contributed by atoms with E-state index in [0.29, 0.717) is 17.0 Å². The molecule has 1 aromatic carbocycles. The maximum atomic E-state index is 12.6. The van der Waals surface area contributed by atoms with Gasteiger partial charge in [0.2, 0.25) is 0 Å². The molecule has 5 heteroatoms. The van der Waals surface area contributed by atoms with Gasteiger partial charge in [0.05, 0.1) is 0 Å². The zero-order valence-electron chi connectivity index (χ0n) is 16.0. The number of nitrogens with one attached hydrogen (secondary N) is 2. The van der Waals surface area contributed by atoms with Crippen molar-refractivity contribution in [2.75, 3.05) is 0 Å². The number of aryl methyl sites for hydroxylation is 3. The number of hydrogen-bond acceptors (Lipinski definition) is 3. The Morgan fingerprint density at radius 3 is 2.62 bits per heavy atom. The Morgan fingerprint density at radius 2 is 1.96 bits per heavy atom. The Bertz CT molecular complexity index is 912. The van der Waals surface area contributed by atoms with Crippen LogP contribution in [0.15, 0.2) is 23.0 Å². The monoisotopic (exact) mass is 354 g/mol. The molecule has 0 aliphatic carbocycles. The molecule has 5 nitrogen and oxygen atoms in total. The van der Waals surface area contributed by atoms with E-state index in [4.69, 9.17) is 4.74 Å². The molecule has 1 unspecified atom stereocenters. The maximum Gasteiger partial charge on any atom is 0.253 e. The van der Waals surface area contributed by atoms with E-state index in [-0.39, 0.29) is 24.1 Å². The Hall–Kier alpha value is -2.56. The number of fused-ring (bicyclic) bond motifs is 1. The zero-order valence-corrected chi connectivity index (χ0v) is 16.0. The first-order valence-electron chi connectivity index (χ1n) is 9.04. The summed E-state index contributed by atoms with van der Waals surface area (Å²) >= 11 is 0. The lowest BCUT2D eigenvalue weighted by molar-refractivity contribution is 0.0950. The van der Waals surface area contributed by atoms with E-state index in [0.717, 1.165) is 34.6 Å². The van der Waals surface area contributed by atoms with Crippen LogP contribution in [-0.2, 0) is 13.0 Å². The summed E-state index contributed by atoms with van der Waals surface area (Å²) in [6, 6.07) is 5.67. The fourth-order valence-corrected chi connectivity index (χ4v) is 3.45. The lowest BCUT2D eigenvalue weighted by Crippen LogP contribution is -2.28. The molecule has 1 aliphatic heterocycles. The van der Waals surface area contributed by atoms with Crippen molar-refractivity contribution < 1.29 is 9.53 Å². The van der Waals surface area contributed by atoms with Crippen LogP contribution in [0.3, 0.4) is 0 Å². The third-order valence-electron chi connectivity index (χ3n) is 4.97. The number of ether oxygens (including phenoxy) is 1. The van der Waals surface area contributed by atoms with Crippen LogP contribution in [-0.4, -0.2) is 17.0 Å². The Morgan fingerprint density at radius 1 is 1.23 bits per heavy atom. The van der Waals surface area contributed by atoms with Gasteiger partial charge in [0, 0.05) is 29.8 Å². The van der Waals surface area contributed by atoms with Crippen LogP contribution in [0.5, 0.6) is 5.75 Å². The number of hydrogen-bond donors (Lipinski definition) is 2. The summed E-state index contributed by atoms with van der Waals surface area (Å²) in [6.07, 6.45) is 0.988. The molecule has 1 amide bonds. The van der Waals surface area contributed by atoms with E-state index in [1.165, 1.54) is 0 Å². The summed E-state index contributed by atoms with van der Waals surface area (Å²) in [7, 11) is 0. The molecule has 0 spiro atoms. The molecule has 0 saturated heterocycles. The Labute approximate surface area is 153 Å². The van der Waals surface area contributed by atoms with Gasteiger partial charge in [0.15, 0.2) is 0 Å². The van der Waals surface area contributed by atoms with Gasteiger partial charge in [-0.15, -0.1) is 0 Å². The quantitative estimate of drug-likeness (QED) is 0.886. The van der Waals surface area contributed by atoms with Crippen LogP contribution in [0, 0.1) is 26.7 Å². The second kappa shape index (κ2) is 6.98. The van der Waals surface area contributed by atoms with E-state index < -0.39 is 0 Å². The van der Waals surface area contributed by atoms with Gasteiger partial charge >= 0.3 is 0 Å². The van der Waals surface area contributed by atoms with Crippen LogP contribution < -0.4 is 15.6 Å². The molecular weight excluding hydrogens is 328 g/mol. The summed E-state index contributed by atoms with van der Waals surface area (Å²) in [5.74, 6) is 1.16. The topological polar surface area (TPSA) is 71.2 Å². The van der Waals surface area contributed by atoms with Gasteiger partial charge in [0.25, 0.3) is 11.5 Å². The average Bonchev–Trinajstić information content (AvgIpc) is 2.98. The van der Waals surface area contributed by atoms with E-state index in [1.54, 1.807) is 0 Å². The highest BCUT2D eigenvalue weighted by molar-refractivity contribution is 5.95. The number of carbonyl (C=O) groups is 1. The SMILES string of the molecule is Cc1cc(C)c(CNC(=O)c2cc(C)c3c(c2)CC(C(C)C)O3)c(=O)[nH]1. The van der Waals surface area contributed by atoms with E-state index in [1.807, 2.05) is 39.0 Å². The molecule has 2 aromatic rings. The van der Waals surface area contributed by atoms with Crippen molar-refractivity contribution >= 4 is 5.91 Å². The van der Waals surface area contributed by atoms with Crippen LogP contribution in [0.1, 0.15) is 52.2 Å². The summed E-state index contributed by atoms with van der Waals surface area (Å²) in [6.45, 7) is 10.2. The zero-order chi connectivity index (χ0) is 19.0. The first-order valence-corrected chi connectivity index (χ1v) is 9.04. The molecule has 138 valence electrons. The minimum atomic E-state index is -0.178. The Balaban J connectivity index is 1.77. The van der Waals surface area contributed by atoms with Gasteiger partial charge in [-0.3, -0.25) is 9.59 Å². The van der Waals surface area contributed by atoms with Crippen molar-refractivity contribution in [2.24, 2.45) is 5.92 Å². The minimum absolute atomic E-state index is 0.152. The molecule has 0 fully saturated rings. The molecule has 1 atom stereocenters. The average molecular weight is 354 g/mol. The molecular formula is C21H26N2O3. The third-order valence-corrected chi connectivity index (χ3v) is 4.97. The summed E-state index contributed by atoms with van der Waals surface area (Å²) in [4.78, 5) is 27.5. The standard InChI is InChI=1S/C21H26N2O3/c1-11(2)18-9-15-8-16(7-13(4)19(15)26-18)20(24)22-10-17-12(3)6-14(5)23-21(17)25/h6-8,11,18H,9-10H2,1-5H3,(H,22,24)(H,23,25). The van der Waals surface area contributed by atoms with Crippen LogP contribution in [0.25, 0.3) is 0 Å². The van der Waals surface area contributed by atoms with Gasteiger partial charge in [-0.1, -0.05) is 13.8 Å². The summed E-state index contributed by atoms with van der Waals surface area (Å²) in [5, 5.41) is 2.87. The second-order valence-electron chi connectivity index (χ2n) is 7.51. The van der Waals surface area contributed by atoms with E-state index >= 15 is 0 Å². The first-order chi connectivity index (χ1) is 12.3. The van der Waals surface area contributed by atoms with Crippen molar-refractivity contribution in [3.8, 4) is 5.75 Å². The van der Waals surface area contributed by atoms with Crippen molar-refractivity contribution in [1.82, 2.24) is 10.3 Å². The van der Waals surface area contributed by atoms with Crippen molar-refractivity contribution in [1.29, 1.82) is 0 Å². The highest BCUT2D eigenvalue weighted by Crippen LogP contribution is 2.35. The number of aromatic amines is 1. The normalized spacial score (nSPS) is 15.7. The molecule has 1 aliphatic rings. The lowest BCUT2D eigenvalue weighted by atomic mass is 9.98. The smallest absolute Gasteiger partial charge is 0.253 e. The van der Waals surface area contributed by atoms with Crippen LogP contribution in [0.4, 0.5) is 0 Å². The molecule has 1 aromatic heterocycles. The predicted octanol–water partition coefficient (Wildman–Crippen LogP) is 3.19. The molecule has 26 heavy (non-hydrogen) atoms. The highest BCUT2D eigenvalue weighted by atomic mass is 16.5. The van der Waals surface area contributed by atoms with E-state index in [9.17, 15) is 9.59 Å². The lowest BCUT2D eigenvalue weighted by Gasteiger charge is -2.14. The van der Waals surface area contributed by atoms with Crippen LogP contribution >= 0.6 is 0 Å². The maximum absolute atomic E-state index is 12.6. The number of amides is 1. The van der Waals surface area contributed by atoms with Gasteiger partial charge in [-0.25, -0.2) is 0 Å². The second-order valence-corrected chi connectivity index (χ2v) is 7.51. The highest BCUT2D eigenvalue weighted by Gasteiger charge is 2.28. The molecule has 2 N–H and O–H groups in total. The molecule has 0 bridgehead atoms. The number of rotatable bonds is 4. The third kappa shape index (κ3) is 3.52. The molecule has 0 saturated carbocycles. The number of H-pyrrole nitrogens is 1. The van der Waals surface area contributed by atoms with Crippen LogP contribution in [0.2, 0.25) is 0 Å². The first kappa shape index (κ1) is 18.2. The van der Waals surface area contributed by atoms with E-state index in [2.05, 4.69) is 24.1 Å². The summed E-state index contributed by atoms with van der Waals surface area (Å²) < 4.78 is 6.03. The van der Waals surface area contributed by atoms with Gasteiger partial charge < -0.3 is 15.0 Å². The fraction of sp³-hybridized carbons (Fsp3) is 0.429. The Kier molecular flexibility index (Phi) is 4.90. The summed E-state index contributed by atoms with van der Waals surface area (Å²) in [5.41, 5.74) is 4.79. The van der Waals surface area contributed by atoms with Crippen molar-refractivity contribution in [3.63, 3.8) is 0 Å². The largest absolute Gasteiger partial charge is 0.489 e. The predicted molar refractivity (Wildman–Crippen MR) is 102 cm³/mol. The molecule has 3 rings (SSSR count). The fourth-order valence-electron chi connectivity index (χ4n) is 3.45.